The van der Waals surface area contributed by atoms with Gasteiger partial charge >= 0.3 is 0 Å². The summed E-state index contributed by atoms with van der Waals surface area (Å²) in [5.41, 5.74) is 8.06. The minimum atomic E-state index is 0.283. The zero-order chi connectivity index (χ0) is 20.2. The van der Waals surface area contributed by atoms with Crippen molar-refractivity contribution in [2.75, 3.05) is 0 Å². The van der Waals surface area contributed by atoms with Crippen LogP contribution in [-0.4, -0.2) is 14.5 Å². The zero-order valence-electron chi connectivity index (χ0n) is 16.7. The second-order valence-corrected chi connectivity index (χ2v) is 8.45. The molecule has 0 N–H and O–H groups in total. The van der Waals surface area contributed by atoms with E-state index in [1.165, 1.54) is 32.9 Å². The van der Waals surface area contributed by atoms with Gasteiger partial charge in [0.15, 0.2) is 0 Å². The summed E-state index contributed by atoms with van der Waals surface area (Å²) in [5, 5.41) is 2.50. The van der Waals surface area contributed by atoms with Crippen LogP contribution in [0.1, 0.15) is 12.6 Å². The maximum Gasteiger partial charge on any atom is 0.0903 e. The molecule has 0 amide bonds. The third kappa shape index (κ3) is 2.42. The van der Waals surface area contributed by atoms with Crippen molar-refractivity contribution in [3.63, 3.8) is 0 Å². The number of hydrogen-bond acceptors (Lipinski definition) is 2. The fraction of sp³-hybridized carbons (Fsp3) is 0.111. The topological polar surface area (TPSA) is 17.8 Å². The highest BCUT2D eigenvalue weighted by Crippen LogP contribution is 2.45. The molecule has 2 aromatic heterocycles. The Balaban J connectivity index is 1.88. The van der Waals surface area contributed by atoms with E-state index in [2.05, 4.69) is 96.4 Å². The summed E-state index contributed by atoms with van der Waals surface area (Å²) in [6, 6.07) is 29.8. The van der Waals surface area contributed by atoms with Gasteiger partial charge in [-0.2, -0.15) is 0 Å². The first-order valence-corrected chi connectivity index (χ1v) is 10.8. The summed E-state index contributed by atoms with van der Waals surface area (Å²) < 4.78 is 2.28. The number of benzene rings is 3. The first-order chi connectivity index (χ1) is 14.7. The lowest BCUT2D eigenvalue weighted by Gasteiger charge is -2.24. The number of rotatable bonds is 2. The van der Waals surface area contributed by atoms with Gasteiger partial charge in [0.2, 0.25) is 0 Å². The van der Waals surface area contributed by atoms with E-state index in [9.17, 15) is 0 Å². The Labute approximate surface area is 180 Å². The molecule has 0 bridgehead atoms. The fourth-order valence-electron chi connectivity index (χ4n) is 4.79. The molecule has 0 saturated carbocycles. The monoisotopic (exact) mass is 404 g/mol. The molecule has 0 aliphatic carbocycles. The van der Waals surface area contributed by atoms with E-state index in [4.69, 9.17) is 17.2 Å². The standard InChI is InChI=1S/C27H20N2S/c1-17-16-21-26-24(20-14-8-9-15-22(20)29(26)27(17)30)23(18-10-4-2-5-11-18)25(28-21)19-12-6-3-7-13-19/h2-15,17H,16H2,1H3. The number of aromatic nitrogens is 2. The van der Waals surface area contributed by atoms with Crippen molar-refractivity contribution < 1.29 is 0 Å². The van der Waals surface area contributed by atoms with Gasteiger partial charge in [0, 0.05) is 34.2 Å². The van der Waals surface area contributed by atoms with Gasteiger partial charge in [0.25, 0.3) is 0 Å². The van der Waals surface area contributed by atoms with Gasteiger partial charge < -0.3 is 4.57 Å². The molecular weight excluding hydrogens is 384 g/mol. The summed E-state index contributed by atoms with van der Waals surface area (Å²) in [6.07, 6.45) is 0.876. The Morgan fingerprint density at radius 1 is 0.833 bits per heavy atom. The lowest BCUT2D eigenvalue weighted by Crippen LogP contribution is -2.25. The Morgan fingerprint density at radius 3 is 2.20 bits per heavy atom. The lowest BCUT2D eigenvalue weighted by atomic mass is 9.91. The van der Waals surface area contributed by atoms with E-state index in [0.29, 0.717) is 0 Å². The highest BCUT2D eigenvalue weighted by atomic mass is 32.1. The molecule has 3 aromatic carbocycles. The van der Waals surface area contributed by atoms with Gasteiger partial charge in [-0.15, -0.1) is 0 Å². The van der Waals surface area contributed by atoms with Crippen molar-refractivity contribution in [2.24, 2.45) is 5.92 Å². The molecule has 1 aliphatic heterocycles. The predicted octanol–water partition coefficient (Wildman–Crippen LogP) is 6.89. The van der Waals surface area contributed by atoms with E-state index in [1.54, 1.807) is 0 Å². The van der Waals surface area contributed by atoms with Crippen LogP contribution in [0, 0.1) is 5.92 Å². The number of hydrogen-bond donors (Lipinski definition) is 0. The number of thiocarbonyl (C=S) groups is 1. The van der Waals surface area contributed by atoms with Crippen molar-refractivity contribution in [3.05, 3.63) is 90.6 Å². The molecule has 0 fully saturated rings. The van der Waals surface area contributed by atoms with Crippen LogP contribution in [0.2, 0.25) is 0 Å². The summed E-state index contributed by atoms with van der Waals surface area (Å²) in [4.78, 5) is 6.27. The van der Waals surface area contributed by atoms with Crippen molar-refractivity contribution in [1.29, 1.82) is 0 Å². The van der Waals surface area contributed by atoms with E-state index in [-0.39, 0.29) is 5.92 Å². The van der Waals surface area contributed by atoms with Crippen LogP contribution in [-0.2, 0) is 6.42 Å². The molecule has 0 spiro atoms. The molecule has 30 heavy (non-hydrogen) atoms. The number of pyridine rings is 1. The molecule has 5 aromatic rings. The molecule has 0 saturated heterocycles. The minimum Gasteiger partial charge on any atom is -0.301 e. The fourth-order valence-corrected chi connectivity index (χ4v) is 5.06. The first-order valence-electron chi connectivity index (χ1n) is 10.3. The van der Waals surface area contributed by atoms with E-state index >= 15 is 0 Å². The van der Waals surface area contributed by atoms with Crippen molar-refractivity contribution in [1.82, 2.24) is 9.55 Å². The normalized spacial score (nSPS) is 15.8. The molecular formula is C27H20N2S. The molecule has 0 radical (unpaired) electrons. The molecule has 3 heterocycles. The third-order valence-electron chi connectivity index (χ3n) is 6.13. The van der Waals surface area contributed by atoms with Gasteiger partial charge in [0.05, 0.1) is 27.4 Å². The van der Waals surface area contributed by atoms with Gasteiger partial charge in [-0.05, 0) is 11.6 Å². The number of fused-ring (bicyclic) bond motifs is 3. The van der Waals surface area contributed by atoms with Crippen LogP contribution in [0.15, 0.2) is 84.9 Å². The van der Waals surface area contributed by atoms with Crippen LogP contribution in [0.4, 0.5) is 0 Å². The molecule has 3 heteroatoms. The molecule has 2 nitrogen and oxygen atoms in total. The van der Waals surface area contributed by atoms with Crippen LogP contribution in [0.25, 0.3) is 44.2 Å². The summed E-state index contributed by atoms with van der Waals surface area (Å²) in [6.45, 7) is 2.21. The number of nitrogens with zero attached hydrogens (tertiary/aromatic N) is 2. The lowest BCUT2D eigenvalue weighted by molar-refractivity contribution is 0.726. The third-order valence-corrected chi connectivity index (χ3v) is 6.72. The average molecular weight is 405 g/mol. The van der Waals surface area contributed by atoms with Crippen molar-refractivity contribution >= 4 is 39.0 Å². The van der Waals surface area contributed by atoms with Gasteiger partial charge in [0.1, 0.15) is 0 Å². The van der Waals surface area contributed by atoms with Gasteiger partial charge in [-0.1, -0.05) is 98.0 Å². The zero-order valence-corrected chi connectivity index (χ0v) is 17.5. The molecule has 144 valence electrons. The van der Waals surface area contributed by atoms with Crippen LogP contribution in [0.3, 0.4) is 0 Å². The highest BCUT2D eigenvalue weighted by molar-refractivity contribution is 7.80. The summed E-state index contributed by atoms with van der Waals surface area (Å²) >= 11 is 5.92. The Kier molecular flexibility index (Phi) is 3.87. The smallest absolute Gasteiger partial charge is 0.0903 e. The molecule has 1 aliphatic rings. The average Bonchev–Trinajstić information content (AvgIpc) is 3.15. The minimum absolute atomic E-state index is 0.283. The summed E-state index contributed by atoms with van der Waals surface area (Å²) in [7, 11) is 0. The predicted molar refractivity (Wildman–Crippen MR) is 129 cm³/mol. The Bertz CT molecular complexity index is 1430. The molecule has 1 unspecified atom stereocenters. The second-order valence-electron chi connectivity index (χ2n) is 8.03. The SMILES string of the molecule is CC1Cc2nc(-c3ccccc3)c(-c3ccccc3)c3c4ccccc4n(c23)C1=S. The van der Waals surface area contributed by atoms with E-state index in [1.807, 2.05) is 0 Å². The van der Waals surface area contributed by atoms with E-state index < -0.39 is 0 Å². The van der Waals surface area contributed by atoms with Crippen molar-refractivity contribution in [2.45, 2.75) is 13.3 Å². The van der Waals surface area contributed by atoms with Crippen molar-refractivity contribution in [3.8, 4) is 22.4 Å². The van der Waals surface area contributed by atoms with Crippen LogP contribution < -0.4 is 0 Å². The maximum absolute atomic E-state index is 5.92. The first kappa shape index (κ1) is 17.5. The van der Waals surface area contributed by atoms with Crippen LogP contribution in [0.5, 0.6) is 0 Å². The summed E-state index contributed by atoms with van der Waals surface area (Å²) in [5.74, 6) is 0.283. The molecule has 6 rings (SSSR count). The Hall–Kier alpha value is -3.30. The maximum atomic E-state index is 5.92. The van der Waals surface area contributed by atoms with Gasteiger partial charge in [-0.3, -0.25) is 0 Å². The number of para-hydroxylation sites is 1. The van der Waals surface area contributed by atoms with Gasteiger partial charge in [-0.25, -0.2) is 4.98 Å². The molecule has 1 atom stereocenters. The van der Waals surface area contributed by atoms with E-state index in [0.717, 1.165) is 28.4 Å². The van der Waals surface area contributed by atoms with Crippen LogP contribution >= 0.6 is 12.2 Å². The second kappa shape index (κ2) is 6.61. The Morgan fingerprint density at radius 2 is 1.47 bits per heavy atom. The largest absolute Gasteiger partial charge is 0.301 e. The quantitative estimate of drug-likeness (QED) is 0.298. The highest BCUT2D eigenvalue weighted by Gasteiger charge is 2.30.